The van der Waals surface area contributed by atoms with Crippen LogP contribution in [0.3, 0.4) is 0 Å². The Balaban J connectivity index is 1.82. The van der Waals surface area contributed by atoms with E-state index in [1.165, 1.54) is 5.56 Å². The molecule has 1 aromatic heterocycles. The molecule has 5 nitrogen and oxygen atoms in total. The molecule has 1 heterocycles. The number of nitrogens with zero attached hydrogens (tertiary/aromatic N) is 3. The van der Waals surface area contributed by atoms with Gasteiger partial charge in [0.05, 0.1) is 16.9 Å². The monoisotopic (exact) mass is 373 g/mol. The minimum absolute atomic E-state index is 0.344. The van der Waals surface area contributed by atoms with Gasteiger partial charge in [0.25, 0.3) is 0 Å². The third-order valence-electron chi connectivity index (χ3n) is 3.58. The van der Waals surface area contributed by atoms with Crippen molar-refractivity contribution in [3.63, 3.8) is 0 Å². The van der Waals surface area contributed by atoms with Crippen LogP contribution in [0.2, 0.25) is 10.0 Å². The highest BCUT2D eigenvalue weighted by molar-refractivity contribution is 6.36. The summed E-state index contributed by atoms with van der Waals surface area (Å²) in [5.74, 6) is 1.33. The van der Waals surface area contributed by atoms with Gasteiger partial charge in [-0.05, 0) is 35.7 Å². The molecular formula is C18H17Cl2N5. The molecule has 0 saturated carbocycles. The third kappa shape index (κ3) is 4.38. The van der Waals surface area contributed by atoms with Gasteiger partial charge in [0.2, 0.25) is 5.95 Å². The van der Waals surface area contributed by atoms with E-state index in [1.54, 1.807) is 24.4 Å². The summed E-state index contributed by atoms with van der Waals surface area (Å²) >= 11 is 12.1. The molecule has 7 heteroatoms. The fourth-order valence-corrected chi connectivity index (χ4v) is 2.84. The normalized spacial score (nSPS) is 10.8. The number of hydrogen-bond donors (Lipinski definition) is 2. The second kappa shape index (κ2) is 7.68. The number of aromatic nitrogens is 3. The number of hydrogen-bond acceptors (Lipinski definition) is 5. The molecule has 0 aliphatic rings. The van der Waals surface area contributed by atoms with E-state index in [4.69, 9.17) is 23.2 Å². The smallest absolute Gasteiger partial charge is 0.249 e. The van der Waals surface area contributed by atoms with Crippen LogP contribution in [0, 0.1) is 0 Å². The fourth-order valence-electron chi connectivity index (χ4n) is 2.38. The molecule has 0 fully saturated rings. The Kier molecular flexibility index (Phi) is 5.36. The topological polar surface area (TPSA) is 62.7 Å². The molecule has 0 atom stereocenters. The van der Waals surface area contributed by atoms with E-state index in [0.717, 1.165) is 5.69 Å². The largest absolute Gasteiger partial charge is 0.339 e. The summed E-state index contributed by atoms with van der Waals surface area (Å²) < 4.78 is 0. The van der Waals surface area contributed by atoms with Gasteiger partial charge in [0, 0.05) is 10.7 Å². The molecule has 2 aromatic carbocycles. The molecule has 3 rings (SSSR count). The third-order valence-corrected chi connectivity index (χ3v) is 4.13. The van der Waals surface area contributed by atoms with Crippen molar-refractivity contribution in [3.8, 4) is 0 Å². The first-order valence-corrected chi connectivity index (χ1v) is 8.56. The van der Waals surface area contributed by atoms with Gasteiger partial charge in [0.15, 0.2) is 5.82 Å². The van der Waals surface area contributed by atoms with E-state index in [0.29, 0.717) is 33.4 Å². The molecule has 0 bridgehead atoms. The maximum absolute atomic E-state index is 6.17. The first-order chi connectivity index (χ1) is 12.0. The zero-order valence-electron chi connectivity index (χ0n) is 13.8. The van der Waals surface area contributed by atoms with Crippen molar-refractivity contribution in [3.05, 3.63) is 64.3 Å². The van der Waals surface area contributed by atoms with E-state index in [9.17, 15) is 0 Å². The summed E-state index contributed by atoms with van der Waals surface area (Å²) in [6.45, 7) is 4.29. The molecule has 128 valence electrons. The van der Waals surface area contributed by atoms with Crippen LogP contribution in [0.4, 0.5) is 23.1 Å². The molecular weight excluding hydrogens is 357 g/mol. The van der Waals surface area contributed by atoms with Crippen LogP contribution < -0.4 is 10.6 Å². The lowest BCUT2D eigenvalue weighted by atomic mass is 10.0. The van der Waals surface area contributed by atoms with Crippen molar-refractivity contribution in [1.29, 1.82) is 0 Å². The number of rotatable bonds is 5. The molecule has 0 radical (unpaired) electrons. The van der Waals surface area contributed by atoms with Crippen LogP contribution in [0.25, 0.3) is 0 Å². The fraction of sp³-hybridized carbons (Fsp3) is 0.167. The maximum atomic E-state index is 6.17. The minimum atomic E-state index is 0.344. The number of para-hydroxylation sites is 1. The zero-order chi connectivity index (χ0) is 17.8. The number of benzene rings is 2. The molecule has 0 aliphatic carbocycles. The van der Waals surface area contributed by atoms with Crippen molar-refractivity contribution < 1.29 is 0 Å². The van der Waals surface area contributed by atoms with Crippen LogP contribution in [-0.2, 0) is 0 Å². The van der Waals surface area contributed by atoms with Crippen molar-refractivity contribution >= 4 is 46.3 Å². The first-order valence-electron chi connectivity index (χ1n) is 7.80. The second-order valence-electron chi connectivity index (χ2n) is 5.78. The molecule has 3 aromatic rings. The predicted molar refractivity (Wildman–Crippen MR) is 103 cm³/mol. The molecule has 0 aliphatic heterocycles. The minimum Gasteiger partial charge on any atom is -0.339 e. The van der Waals surface area contributed by atoms with Gasteiger partial charge in [-0.15, -0.1) is 5.10 Å². The van der Waals surface area contributed by atoms with Crippen LogP contribution in [-0.4, -0.2) is 15.2 Å². The Morgan fingerprint density at radius 2 is 1.76 bits per heavy atom. The zero-order valence-corrected chi connectivity index (χ0v) is 15.3. The van der Waals surface area contributed by atoms with Crippen molar-refractivity contribution in [2.75, 3.05) is 10.6 Å². The van der Waals surface area contributed by atoms with Crippen LogP contribution in [0.15, 0.2) is 48.7 Å². The number of halogens is 2. The highest BCUT2D eigenvalue weighted by atomic mass is 35.5. The van der Waals surface area contributed by atoms with Crippen LogP contribution in [0.1, 0.15) is 25.3 Å². The lowest BCUT2D eigenvalue weighted by Crippen LogP contribution is -2.04. The average molecular weight is 374 g/mol. The quantitative estimate of drug-likeness (QED) is 0.592. The average Bonchev–Trinajstić information content (AvgIpc) is 2.58. The summed E-state index contributed by atoms with van der Waals surface area (Å²) in [6.07, 6.45) is 1.58. The highest BCUT2D eigenvalue weighted by Crippen LogP contribution is 2.28. The van der Waals surface area contributed by atoms with Gasteiger partial charge in [0.1, 0.15) is 0 Å². The molecule has 2 N–H and O–H groups in total. The summed E-state index contributed by atoms with van der Waals surface area (Å²) in [6, 6.07) is 13.3. The standard InChI is InChI=1S/C18H17Cl2N5/c1-11(2)13-5-3-4-6-15(13)22-17-10-21-25-18(24-17)23-16-8-7-12(19)9-14(16)20/h3-11H,1-2H3,(H2,22,23,24,25). The summed E-state index contributed by atoms with van der Waals surface area (Å²) in [4.78, 5) is 4.44. The molecule has 0 amide bonds. The number of anilines is 4. The molecule has 0 saturated heterocycles. The van der Waals surface area contributed by atoms with Gasteiger partial charge in [-0.1, -0.05) is 55.2 Å². The first kappa shape index (κ1) is 17.5. The van der Waals surface area contributed by atoms with Crippen molar-refractivity contribution in [2.24, 2.45) is 0 Å². The Morgan fingerprint density at radius 3 is 2.52 bits per heavy atom. The Bertz CT molecular complexity index is 883. The number of nitrogens with one attached hydrogen (secondary N) is 2. The highest BCUT2D eigenvalue weighted by Gasteiger charge is 2.09. The van der Waals surface area contributed by atoms with Gasteiger partial charge in [-0.3, -0.25) is 0 Å². The summed E-state index contributed by atoms with van der Waals surface area (Å²) in [5, 5.41) is 15.4. The lowest BCUT2D eigenvalue weighted by molar-refractivity contribution is 0.868. The summed E-state index contributed by atoms with van der Waals surface area (Å²) in [7, 11) is 0. The van der Waals surface area contributed by atoms with Gasteiger partial charge < -0.3 is 10.6 Å². The van der Waals surface area contributed by atoms with E-state index in [1.807, 2.05) is 18.2 Å². The van der Waals surface area contributed by atoms with Gasteiger partial charge >= 0.3 is 0 Å². The lowest BCUT2D eigenvalue weighted by Gasteiger charge is -2.14. The maximum Gasteiger partial charge on any atom is 0.249 e. The van der Waals surface area contributed by atoms with Gasteiger partial charge in [-0.2, -0.15) is 10.1 Å². The van der Waals surface area contributed by atoms with Gasteiger partial charge in [-0.25, -0.2) is 0 Å². The Hall–Kier alpha value is -2.37. The van der Waals surface area contributed by atoms with Crippen molar-refractivity contribution in [2.45, 2.75) is 19.8 Å². The van der Waals surface area contributed by atoms with E-state index in [-0.39, 0.29) is 0 Å². The molecule has 25 heavy (non-hydrogen) atoms. The SMILES string of the molecule is CC(C)c1ccccc1Nc1cnnc(Nc2ccc(Cl)cc2Cl)n1. The molecule has 0 unspecified atom stereocenters. The molecule has 0 spiro atoms. The van der Waals surface area contributed by atoms with E-state index in [2.05, 4.69) is 45.7 Å². The Labute approximate surface area is 156 Å². The Morgan fingerprint density at radius 1 is 0.960 bits per heavy atom. The summed E-state index contributed by atoms with van der Waals surface area (Å²) in [5.41, 5.74) is 2.86. The van der Waals surface area contributed by atoms with Crippen LogP contribution >= 0.6 is 23.2 Å². The van der Waals surface area contributed by atoms with E-state index >= 15 is 0 Å². The second-order valence-corrected chi connectivity index (χ2v) is 6.62. The predicted octanol–water partition coefficient (Wildman–Crippen LogP) is 5.79. The van der Waals surface area contributed by atoms with E-state index < -0.39 is 0 Å². The van der Waals surface area contributed by atoms with Crippen molar-refractivity contribution in [1.82, 2.24) is 15.2 Å². The van der Waals surface area contributed by atoms with Crippen LogP contribution in [0.5, 0.6) is 0 Å².